The molecule has 0 saturated carbocycles. The van der Waals surface area contributed by atoms with Crippen LogP contribution in [0.5, 0.6) is 0 Å². The average Bonchev–Trinajstić information content (AvgIpc) is 2.50. The summed E-state index contributed by atoms with van der Waals surface area (Å²) in [6.45, 7) is 2.84. The molecule has 0 aliphatic rings. The van der Waals surface area contributed by atoms with E-state index in [1.807, 2.05) is 0 Å². The highest BCUT2D eigenvalue weighted by molar-refractivity contribution is 7.89. The van der Waals surface area contributed by atoms with Crippen molar-refractivity contribution in [1.29, 1.82) is 0 Å². The van der Waals surface area contributed by atoms with E-state index in [2.05, 4.69) is 20.0 Å². The van der Waals surface area contributed by atoms with E-state index < -0.39 is 28.4 Å². The number of nitrogens with zero attached hydrogens (tertiary/aromatic N) is 1. The number of benzene rings is 1. The molecule has 1 amide bonds. The fraction of sp³-hybridized carbons (Fsp3) is 0.308. The highest BCUT2D eigenvalue weighted by Gasteiger charge is 2.22. The van der Waals surface area contributed by atoms with Crippen LogP contribution in [0.15, 0.2) is 34.3 Å². The molecule has 9 heteroatoms. The molecule has 1 rings (SSSR count). The molecule has 0 atom stereocenters. The minimum absolute atomic E-state index is 0.0788. The van der Waals surface area contributed by atoms with Gasteiger partial charge in [-0.3, -0.25) is 9.59 Å². The average molecular weight is 327 g/mol. The maximum atomic E-state index is 12.2. The number of carbonyl (C=O) groups excluding carboxylic acids is 2. The molecule has 1 aromatic rings. The maximum absolute atomic E-state index is 12.2. The number of esters is 1. The Balaban J connectivity index is 3.07. The zero-order valence-electron chi connectivity index (χ0n) is 12.4. The highest BCUT2D eigenvalue weighted by Crippen LogP contribution is 2.15. The lowest BCUT2D eigenvalue weighted by molar-refractivity contribution is -0.139. The molecule has 0 saturated heterocycles. The molecular weight excluding hydrogens is 310 g/mol. The summed E-state index contributed by atoms with van der Waals surface area (Å²) in [5.41, 5.74) is 2.78. The number of hydrogen-bond acceptors (Lipinski definition) is 6. The predicted molar refractivity (Wildman–Crippen MR) is 79.9 cm³/mol. The molecule has 0 spiro atoms. The van der Waals surface area contributed by atoms with Crippen LogP contribution >= 0.6 is 0 Å². The minimum Gasteiger partial charge on any atom is -0.468 e. The Hall–Kier alpha value is -2.26. The molecule has 1 aromatic carbocycles. The molecular formula is C13H17N3O5S. The molecule has 0 bridgehead atoms. The number of amides is 1. The second-order valence-corrected chi connectivity index (χ2v) is 6.13. The van der Waals surface area contributed by atoms with Crippen LogP contribution in [0.2, 0.25) is 0 Å². The van der Waals surface area contributed by atoms with Crippen molar-refractivity contribution in [2.75, 3.05) is 13.7 Å². The van der Waals surface area contributed by atoms with Crippen molar-refractivity contribution in [1.82, 2.24) is 10.1 Å². The number of carbonyl (C=O) groups is 2. The topological polar surface area (TPSA) is 114 Å². The van der Waals surface area contributed by atoms with Crippen LogP contribution in [-0.4, -0.2) is 39.7 Å². The van der Waals surface area contributed by atoms with E-state index in [9.17, 15) is 18.0 Å². The number of ether oxygens (including phenoxy) is 1. The van der Waals surface area contributed by atoms with Gasteiger partial charge < -0.3 is 4.74 Å². The Morgan fingerprint density at radius 2 is 1.86 bits per heavy atom. The number of sulfonamides is 1. The Bertz CT molecular complexity index is 693. The third kappa shape index (κ3) is 4.93. The standard InChI is InChI=1S/C13H17N3O5S/c1-9(2)15-16-13(18)10-6-4-5-7-11(10)22(19,20)14-8-12(17)21-3/h4-7,14H,8H2,1-3H3,(H,16,18). The molecule has 22 heavy (non-hydrogen) atoms. The summed E-state index contributed by atoms with van der Waals surface area (Å²) in [4.78, 5) is 22.8. The lowest BCUT2D eigenvalue weighted by Crippen LogP contribution is -2.32. The van der Waals surface area contributed by atoms with Crippen molar-refractivity contribution in [3.05, 3.63) is 29.8 Å². The number of methoxy groups -OCH3 is 1. The second-order valence-electron chi connectivity index (χ2n) is 4.40. The van der Waals surface area contributed by atoms with E-state index in [-0.39, 0.29) is 10.5 Å². The van der Waals surface area contributed by atoms with Crippen LogP contribution < -0.4 is 10.1 Å². The smallest absolute Gasteiger partial charge is 0.320 e. The molecule has 0 aliphatic heterocycles. The Morgan fingerprint density at radius 3 is 2.45 bits per heavy atom. The Labute approximate surface area is 128 Å². The van der Waals surface area contributed by atoms with Crippen LogP contribution in [0.3, 0.4) is 0 Å². The zero-order chi connectivity index (χ0) is 16.8. The van der Waals surface area contributed by atoms with E-state index in [1.165, 1.54) is 24.3 Å². The van der Waals surface area contributed by atoms with E-state index in [4.69, 9.17) is 0 Å². The van der Waals surface area contributed by atoms with Crippen molar-refractivity contribution in [3.8, 4) is 0 Å². The molecule has 0 fully saturated rings. The summed E-state index contributed by atoms with van der Waals surface area (Å²) in [7, 11) is -2.90. The first kappa shape index (κ1) is 17.8. The first-order valence-electron chi connectivity index (χ1n) is 6.24. The van der Waals surface area contributed by atoms with Crippen LogP contribution in [0.1, 0.15) is 24.2 Å². The Kier molecular flexibility index (Phi) is 6.20. The summed E-state index contributed by atoms with van der Waals surface area (Å²) >= 11 is 0. The first-order chi connectivity index (χ1) is 10.3. The van der Waals surface area contributed by atoms with Gasteiger partial charge in [-0.25, -0.2) is 13.8 Å². The fourth-order valence-electron chi connectivity index (χ4n) is 1.42. The molecule has 0 radical (unpaired) electrons. The zero-order valence-corrected chi connectivity index (χ0v) is 13.2. The number of hydrazone groups is 1. The third-order valence-corrected chi connectivity index (χ3v) is 3.90. The Morgan fingerprint density at radius 1 is 1.23 bits per heavy atom. The van der Waals surface area contributed by atoms with Crippen LogP contribution in [-0.2, 0) is 19.6 Å². The number of nitrogens with one attached hydrogen (secondary N) is 2. The largest absolute Gasteiger partial charge is 0.468 e. The van der Waals surface area contributed by atoms with Crippen LogP contribution in [0.4, 0.5) is 0 Å². The van der Waals surface area contributed by atoms with Gasteiger partial charge in [0.25, 0.3) is 5.91 Å². The van der Waals surface area contributed by atoms with Gasteiger partial charge in [0, 0.05) is 5.71 Å². The normalized spacial score (nSPS) is 10.7. The van der Waals surface area contributed by atoms with Gasteiger partial charge in [0.15, 0.2) is 0 Å². The van der Waals surface area contributed by atoms with Gasteiger partial charge in [-0.15, -0.1) is 0 Å². The van der Waals surface area contributed by atoms with Crippen molar-refractivity contribution < 1.29 is 22.7 Å². The summed E-state index contributed by atoms with van der Waals surface area (Å²) < 4.78 is 30.8. The minimum atomic E-state index is -4.04. The molecule has 120 valence electrons. The van der Waals surface area contributed by atoms with Crippen molar-refractivity contribution in [3.63, 3.8) is 0 Å². The first-order valence-corrected chi connectivity index (χ1v) is 7.73. The summed E-state index contributed by atoms with van der Waals surface area (Å²) in [5, 5.41) is 3.74. The maximum Gasteiger partial charge on any atom is 0.320 e. The van der Waals surface area contributed by atoms with Crippen LogP contribution in [0.25, 0.3) is 0 Å². The van der Waals surface area contributed by atoms with Gasteiger partial charge in [0.2, 0.25) is 10.0 Å². The lowest BCUT2D eigenvalue weighted by atomic mass is 10.2. The third-order valence-electron chi connectivity index (χ3n) is 2.44. The van der Waals surface area contributed by atoms with Gasteiger partial charge >= 0.3 is 5.97 Å². The van der Waals surface area contributed by atoms with Gasteiger partial charge in [0.05, 0.1) is 17.6 Å². The van der Waals surface area contributed by atoms with Gasteiger partial charge in [-0.05, 0) is 26.0 Å². The SMILES string of the molecule is COC(=O)CNS(=O)(=O)c1ccccc1C(=O)NN=C(C)C. The number of hydrogen-bond donors (Lipinski definition) is 2. The van der Waals surface area contributed by atoms with E-state index in [1.54, 1.807) is 13.8 Å². The lowest BCUT2D eigenvalue weighted by Gasteiger charge is -2.10. The molecule has 0 aliphatic carbocycles. The van der Waals surface area contributed by atoms with Crippen molar-refractivity contribution in [2.24, 2.45) is 5.10 Å². The summed E-state index contributed by atoms with van der Waals surface area (Å²) in [6.07, 6.45) is 0. The summed E-state index contributed by atoms with van der Waals surface area (Å²) in [6, 6.07) is 5.61. The molecule has 0 unspecified atom stereocenters. The van der Waals surface area contributed by atoms with Gasteiger partial charge in [-0.2, -0.15) is 9.82 Å². The molecule has 8 nitrogen and oxygen atoms in total. The van der Waals surface area contributed by atoms with Gasteiger partial charge in [0.1, 0.15) is 6.54 Å². The van der Waals surface area contributed by atoms with Crippen LogP contribution in [0, 0.1) is 0 Å². The van der Waals surface area contributed by atoms with Gasteiger partial charge in [-0.1, -0.05) is 12.1 Å². The number of rotatable bonds is 6. The van der Waals surface area contributed by atoms with Crippen molar-refractivity contribution in [2.45, 2.75) is 18.7 Å². The molecule has 0 aromatic heterocycles. The quantitative estimate of drug-likeness (QED) is 0.442. The van der Waals surface area contributed by atoms with Crippen molar-refractivity contribution >= 4 is 27.6 Å². The summed E-state index contributed by atoms with van der Waals surface area (Å²) in [5.74, 6) is -1.41. The van der Waals surface area contributed by atoms with E-state index in [0.29, 0.717) is 5.71 Å². The fourth-order valence-corrected chi connectivity index (χ4v) is 2.59. The second kappa shape index (κ2) is 7.66. The monoisotopic (exact) mass is 327 g/mol. The molecule has 0 heterocycles. The van der Waals surface area contributed by atoms with E-state index >= 15 is 0 Å². The predicted octanol–water partition coefficient (Wildman–Crippen LogP) is 0.263. The highest BCUT2D eigenvalue weighted by atomic mass is 32.2. The molecule has 2 N–H and O–H groups in total. The van der Waals surface area contributed by atoms with E-state index in [0.717, 1.165) is 7.11 Å².